The first-order valence-corrected chi connectivity index (χ1v) is 11.2. The van der Waals surface area contributed by atoms with Crippen molar-refractivity contribution in [3.8, 4) is 11.4 Å². The molecular formula is C23H24FN3O2S. The average molecular weight is 426 g/mol. The summed E-state index contributed by atoms with van der Waals surface area (Å²) in [5.74, 6) is 1.64. The Kier molecular flexibility index (Phi) is 6.79. The van der Waals surface area contributed by atoms with Crippen LogP contribution in [0.3, 0.4) is 0 Å². The zero-order chi connectivity index (χ0) is 20.8. The zero-order valence-electron chi connectivity index (χ0n) is 16.7. The third-order valence-corrected chi connectivity index (χ3v) is 6.26. The molecule has 1 amide bonds. The van der Waals surface area contributed by atoms with E-state index in [9.17, 15) is 9.18 Å². The van der Waals surface area contributed by atoms with E-state index in [4.69, 9.17) is 4.52 Å². The van der Waals surface area contributed by atoms with Gasteiger partial charge in [-0.3, -0.25) is 4.79 Å². The summed E-state index contributed by atoms with van der Waals surface area (Å²) in [6.45, 7) is 1.50. The van der Waals surface area contributed by atoms with Crippen LogP contribution in [-0.2, 0) is 11.2 Å². The molecule has 2 aromatic carbocycles. The minimum Gasteiger partial charge on any atom is -0.342 e. The second-order valence-electron chi connectivity index (χ2n) is 7.46. The van der Waals surface area contributed by atoms with Crippen LogP contribution in [0.15, 0.2) is 64.0 Å². The van der Waals surface area contributed by atoms with E-state index in [1.54, 1.807) is 30.0 Å². The zero-order valence-corrected chi connectivity index (χ0v) is 17.5. The van der Waals surface area contributed by atoms with Crippen LogP contribution in [0.4, 0.5) is 4.39 Å². The molecule has 1 aromatic heterocycles. The molecule has 4 rings (SSSR count). The standard InChI is InChI=1S/C23H24FN3O2S/c24-20-11-5-4-10-19(20)23-25-21(29-26-23)15-17-7-6-13-27(16-17)22(28)12-14-30-18-8-2-1-3-9-18/h1-5,8-11,17H,6-7,12-16H2/t17-/m1/s1. The van der Waals surface area contributed by atoms with Crippen molar-refractivity contribution in [2.45, 2.75) is 30.6 Å². The van der Waals surface area contributed by atoms with E-state index in [1.165, 1.54) is 11.0 Å². The molecule has 0 unspecified atom stereocenters. The highest BCUT2D eigenvalue weighted by Crippen LogP contribution is 2.24. The molecule has 0 bridgehead atoms. The van der Waals surface area contributed by atoms with E-state index in [0.29, 0.717) is 30.8 Å². The quantitative estimate of drug-likeness (QED) is 0.507. The van der Waals surface area contributed by atoms with Gasteiger partial charge < -0.3 is 9.42 Å². The van der Waals surface area contributed by atoms with Crippen molar-refractivity contribution in [2.75, 3.05) is 18.8 Å². The lowest BCUT2D eigenvalue weighted by atomic mass is 9.94. The second-order valence-corrected chi connectivity index (χ2v) is 8.62. The fraction of sp³-hybridized carbons (Fsp3) is 0.348. The van der Waals surface area contributed by atoms with E-state index >= 15 is 0 Å². The van der Waals surface area contributed by atoms with Gasteiger partial charge in [-0.25, -0.2) is 4.39 Å². The largest absolute Gasteiger partial charge is 0.342 e. The SMILES string of the molecule is O=C(CCSc1ccccc1)N1CCC[C@H](Cc2nc(-c3ccccc3F)no2)C1. The highest BCUT2D eigenvalue weighted by molar-refractivity contribution is 7.99. The van der Waals surface area contributed by atoms with E-state index < -0.39 is 0 Å². The molecule has 1 aliphatic rings. The maximum absolute atomic E-state index is 13.9. The summed E-state index contributed by atoms with van der Waals surface area (Å²) in [7, 11) is 0. The number of amides is 1. The molecule has 0 aliphatic carbocycles. The number of aromatic nitrogens is 2. The Morgan fingerprint density at radius 2 is 1.97 bits per heavy atom. The molecule has 2 heterocycles. The fourth-order valence-electron chi connectivity index (χ4n) is 3.73. The van der Waals surface area contributed by atoms with Gasteiger partial charge in [-0.15, -0.1) is 11.8 Å². The van der Waals surface area contributed by atoms with Crippen LogP contribution in [0.5, 0.6) is 0 Å². The summed E-state index contributed by atoms with van der Waals surface area (Å²) in [4.78, 5) is 20.1. The molecule has 1 atom stereocenters. The summed E-state index contributed by atoms with van der Waals surface area (Å²) in [5, 5.41) is 3.93. The van der Waals surface area contributed by atoms with Gasteiger partial charge in [0.25, 0.3) is 0 Å². The smallest absolute Gasteiger partial charge is 0.227 e. The van der Waals surface area contributed by atoms with Crippen molar-refractivity contribution in [3.05, 3.63) is 66.3 Å². The van der Waals surface area contributed by atoms with E-state index in [-0.39, 0.29) is 23.5 Å². The van der Waals surface area contributed by atoms with Crippen LogP contribution < -0.4 is 0 Å². The molecular weight excluding hydrogens is 401 g/mol. The van der Waals surface area contributed by atoms with Crippen molar-refractivity contribution < 1.29 is 13.7 Å². The number of benzene rings is 2. The molecule has 1 fully saturated rings. The van der Waals surface area contributed by atoms with Crippen LogP contribution in [0.1, 0.15) is 25.2 Å². The molecule has 156 valence electrons. The van der Waals surface area contributed by atoms with Gasteiger partial charge in [0.2, 0.25) is 17.6 Å². The van der Waals surface area contributed by atoms with Gasteiger partial charge in [0, 0.05) is 36.6 Å². The normalized spacial score (nSPS) is 16.6. The number of rotatable bonds is 7. The second kappa shape index (κ2) is 9.89. The van der Waals surface area contributed by atoms with Gasteiger partial charge in [-0.05, 0) is 43.0 Å². The van der Waals surface area contributed by atoms with Gasteiger partial charge in [0.05, 0.1) is 5.56 Å². The summed E-state index contributed by atoms with van der Waals surface area (Å²) >= 11 is 1.71. The lowest BCUT2D eigenvalue weighted by Gasteiger charge is -2.32. The monoisotopic (exact) mass is 425 g/mol. The van der Waals surface area contributed by atoms with Gasteiger partial charge in [0.1, 0.15) is 5.82 Å². The molecule has 3 aromatic rings. The molecule has 0 N–H and O–H groups in total. The number of carbonyl (C=O) groups excluding carboxylic acids is 1. The summed E-state index contributed by atoms with van der Waals surface area (Å²) in [5.41, 5.74) is 0.337. The Labute approximate surface area is 179 Å². The number of halogens is 1. The van der Waals surface area contributed by atoms with Crippen LogP contribution in [0.25, 0.3) is 11.4 Å². The van der Waals surface area contributed by atoms with Crippen LogP contribution in [-0.4, -0.2) is 39.8 Å². The Hall–Kier alpha value is -2.67. The predicted octanol–water partition coefficient (Wildman–Crippen LogP) is 4.84. The highest BCUT2D eigenvalue weighted by atomic mass is 32.2. The summed E-state index contributed by atoms with van der Waals surface area (Å²) in [6.07, 6.45) is 3.12. The lowest BCUT2D eigenvalue weighted by Crippen LogP contribution is -2.40. The number of piperidine rings is 1. The Morgan fingerprint density at radius 3 is 2.80 bits per heavy atom. The van der Waals surface area contributed by atoms with E-state index in [0.717, 1.165) is 25.1 Å². The van der Waals surface area contributed by atoms with Gasteiger partial charge >= 0.3 is 0 Å². The topological polar surface area (TPSA) is 59.2 Å². The Morgan fingerprint density at radius 1 is 1.17 bits per heavy atom. The van der Waals surface area contributed by atoms with Crippen LogP contribution in [0, 0.1) is 11.7 Å². The van der Waals surface area contributed by atoms with Crippen molar-refractivity contribution in [3.63, 3.8) is 0 Å². The molecule has 5 nitrogen and oxygen atoms in total. The molecule has 1 saturated heterocycles. The molecule has 30 heavy (non-hydrogen) atoms. The maximum Gasteiger partial charge on any atom is 0.227 e. The van der Waals surface area contributed by atoms with Gasteiger partial charge in [0.15, 0.2) is 0 Å². The first kappa shape index (κ1) is 20.6. The minimum absolute atomic E-state index is 0.195. The van der Waals surface area contributed by atoms with Crippen molar-refractivity contribution >= 4 is 17.7 Å². The third kappa shape index (κ3) is 5.27. The van der Waals surface area contributed by atoms with E-state index in [1.807, 2.05) is 23.1 Å². The maximum atomic E-state index is 13.9. The number of carbonyl (C=O) groups is 1. The number of nitrogens with zero attached hydrogens (tertiary/aromatic N) is 3. The summed E-state index contributed by atoms with van der Waals surface area (Å²) < 4.78 is 19.3. The molecule has 7 heteroatoms. The number of thioether (sulfide) groups is 1. The first-order chi connectivity index (χ1) is 14.7. The molecule has 0 spiro atoms. The number of likely N-dealkylation sites (tertiary alicyclic amines) is 1. The number of hydrogen-bond donors (Lipinski definition) is 0. The van der Waals surface area contributed by atoms with Gasteiger partial charge in [-0.1, -0.05) is 35.5 Å². The lowest BCUT2D eigenvalue weighted by molar-refractivity contribution is -0.132. The third-order valence-electron chi connectivity index (χ3n) is 5.25. The molecule has 1 aliphatic heterocycles. The van der Waals surface area contributed by atoms with Crippen molar-refractivity contribution in [1.29, 1.82) is 0 Å². The number of hydrogen-bond acceptors (Lipinski definition) is 5. The van der Waals surface area contributed by atoms with Crippen molar-refractivity contribution in [1.82, 2.24) is 15.0 Å². The van der Waals surface area contributed by atoms with Crippen molar-refractivity contribution in [2.24, 2.45) is 5.92 Å². The molecule has 0 saturated carbocycles. The fourth-order valence-corrected chi connectivity index (χ4v) is 4.59. The van der Waals surface area contributed by atoms with E-state index in [2.05, 4.69) is 22.3 Å². The Balaban J connectivity index is 1.29. The predicted molar refractivity (Wildman–Crippen MR) is 114 cm³/mol. The molecule has 0 radical (unpaired) electrons. The minimum atomic E-state index is -0.368. The first-order valence-electron chi connectivity index (χ1n) is 10.2. The van der Waals surface area contributed by atoms with Crippen LogP contribution in [0.2, 0.25) is 0 Å². The van der Waals surface area contributed by atoms with Gasteiger partial charge in [-0.2, -0.15) is 4.98 Å². The Bertz CT molecular complexity index is 979. The average Bonchev–Trinajstić information content (AvgIpc) is 3.23. The van der Waals surface area contributed by atoms with Crippen LogP contribution >= 0.6 is 11.8 Å². The summed E-state index contributed by atoms with van der Waals surface area (Å²) in [6, 6.07) is 16.5. The highest BCUT2D eigenvalue weighted by Gasteiger charge is 2.25.